The Hall–Kier alpha value is -2.19. The number of aromatic nitrogens is 3. The van der Waals surface area contributed by atoms with Crippen molar-refractivity contribution in [3.8, 4) is 11.4 Å². The number of thioether (sulfide) groups is 1. The Labute approximate surface area is 181 Å². The summed E-state index contributed by atoms with van der Waals surface area (Å²) in [6, 6.07) is 14.8. The number of amides is 1. The molecule has 0 aliphatic heterocycles. The fraction of sp³-hybridized carbons (Fsp3) is 0.286. The van der Waals surface area contributed by atoms with E-state index < -0.39 is 0 Å². The molecular formula is C21H20BrFN4OS. The Balaban J connectivity index is 1.45. The topological polar surface area (TPSA) is 51.0 Å². The highest BCUT2D eigenvalue weighted by Gasteiger charge is 2.31. The van der Waals surface area contributed by atoms with Crippen molar-refractivity contribution in [2.45, 2.75) is 30.6 Å². The van der Waals surface area contributed by atoms with E-state index in [9.17, 15) is 9.18 Å². The van der Waals surface area contributed by atoms with E-state index in [1.807, 2.05) is 28.8 Å². The van der Waals surface area contributed by atoms with Gasteiger partial charge in [0, 0.05) is 24.1 Å². The first kappa shape index (κ1) is 20.1. The van der Waals surface area contributed by atoms with Gasteiger partial charge < -0.3 is 4.90 Å². The van der Waals surface area contributed by atoms with Gasteiger partial charge in [-0.1, -0.05) is 52.0 Å². The molecule has 150 valence electrons. The lowest BCUT2D eigenvalue weighted by Crippen LogP contribution is -2.27. The van der Waals surface area contributed by atoms with Crippen LogP contribution in [0.3, 0.4) is 0 Å². The molecule has 1 saturated carbocycles. The first-order valence-electron chi connectivity index (χ1n) is 9.34. The molecule has 0 atom stereocenters. The highest BCUT2D eigenvalue weighted by Crippen LogP contribution is 2.41. The van der Waals surface area contributed by atoms with E-state index in [2.05, 4.69) is 26.1 Å². The number of hydrogen-bond acceptors (Lipinski definition) is 4. The molecule has 0 N–H and O–H groups in total. The van der Waals surface area contributed by atoms with Gasteiger partial charge in [-0.15, -0.1) is 10.2 Å². The summed E-state index contributed by atoms with van der Waals surface area (Å²) in [5, 5.41) is 9.15. The molecule has 1 aliphatic carbocycles. The lowest BCUT2D eigenvalue weighted by molar-refractivity contribution is -0.127. The summed E-state index contributed by atoms with van der Waals surface area (Å²) in [6.07, 6.45) is 2.04. The number of carbonyl (C=O) groups is 1. The fourth-order valence-corrected chi connectivity index (χ4v) is 4.26. The Morgan fingerprint density at radius 2 is 1.93 bits per heavy atom. The van der Waals surface area contributed by atoms with Crippen LogP contribution in [-0.2, 0) is 11.3 Å². The van der Waals surface area contributed by atoms with Crippen LogP contribution in [0.15, 0.2) is 58.2 Å². The van der Waals surface area contributed by atoms with Crippen LogP contribution in [0.25, 0.3) is 11.4 Å². The minimum absolute atomic E-state index is 0.00991. The van der Waals surface area contributed by atoms with Crippen LogP contribution in [0.5, 0.6) is 0 Å². The second kappa shape index (κ2) is 8.67. The predicted octanol–water partition coefficient (Wildman–Crippen LogP) is 4.93. The third kappa shape index (κ3) is 4.70. The second-order valence-corrected chi connectivity index (χ2v) is 8.91. The van der Waals surface area contributed by atoms with E-state index in [1.54, 1.807) is 30.1 Å². The number of nitrogens with zero attached hydrogens (tertiary/aromatic N) is 4. The molecule has 0 bridgehead atoms. The van der Waals surface area contributed by atoms with Crippen molar-refractivity contribution in [2.75, 3.05) is 12.8 Å². The maximum absolute atomic E-state index is 14.2. The molecule has 5 nitrogen and oxygen atoms in total. The molecule has 29 heavy (non-hydrogen) atoms. The quantitative estimate of drug-likeness (QED) is 0.455. The summed E-state index contributed by atoms with van der Waals surface area (Å²) in [5.74, 6) is 0.484. The van der Waals surface area contributed by atoms with Gasteiger partial charge in [-0.2, -0.15) is 0 Å². The molecular weight excluding hydrogens is 455 g/mol. The van der Waals surface area contributed by atoms with Crippen molar-refractivity contribution in [3.63, 3.8) is 0 Å². The third-order valence-corrected chi connectivity index (χ3v) is 6.23. The van der Waals surface area contributed by atoms with Crippen LogP contribution in [0.1, 0.15) is 24.4 Å². The minimum Gasteiger partial charge on any atom is -0.341 e. The first-order chi connectivity index (χ1) is 14.0. The zero-order chi connectivity index (χ0) is 20.4. The van der Waals surface area contributed by atoms with Gasteiger partial charge in [-0.25, -0.2) is 4.39 Å². The summed E-state index contributed by atoms with van der Waals surface area (Å²) >= 11 is 4.77. The minimum atomic E-state index is -0.316. The Bertz CT molecular complexity index is 1020. The van der Waals surface area contributed by atoms with E-state index in [4.69, 9.17) is 0 Å². The van der Waals surface area contributed by atoms with Gasteiger partial charge in [0.15, 0.2) is 11.0 Å². The van der Waals surface area contributed by atoms with Crippen molar-refractivity contribution in [1.29, 1.82) is 0 Å². The van der Waals surface area contributed by atoms with Gasteiger partial charge >= 0.3 is 0 Å². The standard InChI is InChI=1S/C21H20BrFN4OS/c1-26(12-14-6-8-15(22)9-7-14)19(28)13-29-21-25-24-20(27(21)16-10-11-16)17-4-2-3-5-18(17)23/h2-9,16H,10-13H2,1H3. The molecule has 0 radical (unpaired) electrons. The van der Waals surface area contributed by atoms with Crippen LogP contribution < -0.4 is 0 Å². The van der Waals surface area contributed by atoms with Crippen LogP contribution in [0.2, 0.25) is 0 Å². The predicted molar refractivity (Wildman–Crippen MR) is 115 cm³/mol. The van der Waals surface area contributed by atoms with Crippen molar-refractivity contribution in [1.82, 2.24) is 19.7 Å². The number of carbonyl (C=O) groups excluding carboxylic acids is 1. The maximum Gasteiger partial charge on any atom is 0.233 e. The highest BCUT2D eigenvalue weighted by atomic mass is 79.9. The Morgan fingerprint density at radius 3 is 2.62 bits per heavy atom. The molecule has 0 spiro atoms. The number of rotatable bonds is 7. The summed E-state index contributed by atoms with van der Waals surface area (Å²) in [5.41, 5.74) is 1.51. The monoisotopic (exact) mass is 474 g/mol. The lowest BCUT2D eigenvalue weighted by atomic mass is 10.2. The van der Waals surface area contributed by atoms with Gasteiger partial charge in [-0.3, -0.25) is 9.36 Å². The summed E-state index contributed by atoms with van der Waals surface area (Å²) in [6.45, 7) is 0.544. The summed E-state index contributed by atoms with van der Waals surface area (Å²) < 4.78 is 17.2. The van der Waals surface area contributed by atoms with Crippen molar-refractivity contribution < 1.29 is 9.18 Å². The van der Waals surface area contributed by atoms with Crippen LogP contribution in [0.4, 0.5) is 4.39 Å². The van der Waals surface area contributed by atoms with Crippen LogP contribution in [-0.4, -0.2) is 38.4 Å². The van der Waals surface area contributed by atoms with Gasteiger partial charge in [-0.05, 0) is 42.7 Å². The number of halogens is 2. The maximum atomic E-state index is 14.2. The third-order valence-electron chi connectivity index (χ3n) is 4.77. The van der Waals surface area contributed by atoms with Gasteiger partial charge in [0.05, 0.1) is 11.3 Å². The lowest BCUT2D eigenvalue weighted by Gasteiger charge is -2.17. The number of hydrogen-bond donors (Lipinski definition) is 0. The van der Waals surface area contributed by atoms with Crippen LogP contribution in [0, 0.1) is 5.82 Å². The van der Waals surface area contributed by atoms with Crippen LogP contribution >= 0.6 is 27.7 Å². The van der Waals surface area contributed by atoms with Crippen molar-refractivity contribution >= 4 is 33.6 Å². The van der Waals surface area contributed by atoms with Gasteiger partial charge in [0.2, 0.25) is 5.91 Å². The van der Waals surface area contributed by atoms with E-state index in [-0.39, 0.29) is 23.5 Å². The molecule has 1 aliphatic rings. The SMILES string of the molecule is CN(Cc1ccc(Br)cc1)C(=O)CSc1nnc(-c2ccccc2F)n1C1CC1. The normalized spacial score (nSPS) is 13.5. The molecule has 4 rings (SSSR count). The average Bonchev–Trinajstić information content (AvgIpc) is 3.47. The molecule has 8 heteroatoms. The van der Waals surface area contributed by atoms with E-state index in [0.29, 0.717) is 23.1 Å². The molecule has 0 saturated heterocycles. The molecule has 1 amide bonds. The molecule has 1 fully saturated rings. The second-order valence-electron chi connectivity index (χ2n) is 7.05. The zero-order valence-electron chi connectivity index (χ0n) is 15.9. The molecule has 1 aromatic heterocycles. The van der Waals surface area contributed by atoms with Gasteiger partial charge in [0.1, 0.15) is 5.82 Å². The largest absolute Gasteiger partial charge is 0.341 e. The zero-order valence-corrected chi connectivity index (χ0v) is 18.3. The van der Waals surface area contributed by atoms with Crippen molar-refractivity contribution in [3.05, 3.63) is 64.4 Å². The van der Waals surface area contributed by atoms with E-state index >= 15 is 0 Å². The first-order valence-corrected chi connectivity index (χ1v) is 11.1. The fourth-order valence-electron chi connectivity index (χ4n) is 3.05. The van der Waals surface area contributed by atoms with E-state index in [0.717, 1.165) is 22.9 Å². The summed E-state index contributed by atoms with van der Waals surface area (Å²) in [7, 11) is 1.79. The molecule has 1 heterocycles. The van der Waals surface area contributed by atoms with Gasteiger partial charge in [0.25, 0.3) is 0 Å². The molecule has 0 unspecified atom stereocenters. The Morgan fingerprint density at radius 1 is 1.21 bits per heavy atom. The van der Waals surface area contributed by atoms with E-state index in [1.165, 1.54) is 17.8 Å². The molecule has 2 aromatic carbocycles. The summed E-state index contributed by atoms with van der Waals surface area (Å²) in [4.78, 5) is 14.3. The molecule has 3 aromatic rings. The number of benzene rings is 2. The van der Waals surface area contributed by atoms with Crippen molar-refractivity contribution in [2.24, 2.45) is 0 Å². The smallest absolute Gasteiger partial charge is 0.233 e. The Kier molecular flexibility index (Phi) is 6.01. The highest BCUT2D eigenvalue weighted by molar-refractivity contribution is 9.10. The average molecular weight is 475 g/mol.